The van der Waals surface area contributed by atoms with Crippen LogP contribution in [0.3, 0.4) is 0 Å². The molecule has 0 bridgehead atoms. The molecule has 0 aliphatic heterocycles. The average Bonchev–Trinajstić information content (AvgIpc) is 2.65. The molecule has 0 saturated carbocycles. The van der Waals surface area contributed by atoms with Gasteiger partial charge in [0.25, 0.3) is 0 Å². The highest BCUT2D eigenvalue weighted by Gasteiger charge is 2.02. The Bertz CT molecular complexity index is 202. The van der Waals surface area contributed by atoms with Crippen LogP contribution in [0.2, 0.25) is 0 Å². The van der Waals surface area contributed by atoms with E-state index in [0.29, 0.717) is 5.92 Å². The third-order valence-corrected chi connectivity index (χ3v) is 2.32. The lowest BCUT2D eigenvalue weighted by Crippen LogP contribution is -2.27. The first-order chi connectivity index (χ1) is 6.36. The highest BCUT2D eigenvalue weighted by molar-refractivity contribution is 5.02. The van der Waals surface area contributed by atoms with Crippen molar-refractivity contribution in [2.24, 2.45) is 11.7 Å². The standard InChI is InChI=1S/C10H19N3/c1-2-9(6-11)7-12-8-10-4-3-5-13-10/h3-5,9,12-13H,2,6-8,11H2,1H3. The summed E-state index contributed by atoms with van der Waals surface area (Å²) in [4.78, 5) is 3.15. The van der Waals surface area contributed by atoms with Crippen LogP contribution in [0, 0.1) is 5.92 Å². The van der Waals surface area contributed by atoms with Gasteiger partial charge in [0.1, 0.15) is 0 Å². The van der Waals surface area contributed by atoms with Gasteiger partial charge in [0.15, 0.2) is 0 Å². The van der Waals surface area contributed by atoms with Gasteiger partial charge >= 0.3 is 0 Å². The predicted molar refractivity (Wildman–Crippen MR) is 55.3 cm³/mol. The lowest BCUT2D eigenvalue weighted by atomic mass is 10.1. The summed E-state index contributed by atoms with van der Waals surface area (Å²) in [7, 11) is 0. The fourth-order valence-electron chi connectivity index (χ4n) is 1.28. The number of nitrogens with one attached hydrogen (secondary N) is 2. The third kappa shape index (κ3) is 3.61. The second kappa shape index (κ2) is 5.78. The minimum absolute atomic E-state index is 0.606. The van der Waals surface area contributed by atoms with Gasteiger partial charge in [-0.1, -0.05) is 13.3 Å². The van der Waals surface area contributed by atoms with Gasteiger partial charge in [-0.2, -0.15) is 0 Å². The van der Waals surface area contributed by atoms with E-state index in [1.807, 2.05) is 12.3 Å². The van der Waals surface area contributed by atoms with E-state index in [2.05, 4.69) is 23.3 Å². The van der Waals surface area contributed by atoms with Crippen molar-refractivity contribution in [3.8, 4) is 0 Å². The van der Waals surface area contributed by atoms with Crippen molar-refractivity contribution in [1.29, 1.82) is 0 Å². The van der Waals surface area contributed by atoms with Crippen molar-refractivity contribution in [3.63, 3.8) is 0 Å². The molecule has 3 heteroatoms. The summed E-state index contributed by atoms with van der Waals surface area (Å²) < 4.78 is 0. The van der Waals surface area contributed by atoms with Crippen LogP contribution in [-0.4, -0.2) is 18.1 Å². The second-order valence-electron chi connectivity index (χ2n) is 3.34. The van der Waals surface area contributed by atoms with Crippen molar-refractivity contribution in [2.75, 3.05) is 13.1 Å². The molecule has 0 aliphatic carbocycles. The van der Waals surface area contributed by atoms with Crippen LogP contribution in [0.25, 0.3) is 0 Å². The molecule has 1 unspecified atom stereocenters. The SMILES string of the molecule is CCC(CN)CNCc1ccc[nH]1. The molecular weight excluding hydrogens is 162 g/mol. The van der Waals surface area contributed by atoms with Crippen molar-refractivity contribution in [2.45, 2.75) is 19.9 Å². The number of rotatable bonds is 6. The van der Waals surface area contributed by atoms with E-state index >= 15 is 0 Å². The highest BCUT2D eigenvalue weighted by Crippen LogP contribution is 1.98. The molecule has 0 fully saturated rings. The van der Waals surface area contributed by atoms with Gasteiger partial charge < -0.3 is 16.0 Å². The topological polar surface area (TPSA) is 53.8 Å². The van der Waals surface area contributed by atoms with Crippen LogP contribution >= 0.6 is 0 Å². The van der Waals surface area contributed by atoms with Crippen LogP contribution in [0.4, 0.5) is 0 Å². The Morgan fingerprint density at radius 1 is 1.62 bits per heavy atom. The molecule has 3 nitrogen and oxygen atoms in total. The normalized spacial score (nSPS) is 13.1. The summed E-state index contributed by atoms with van der Waals surface area (Å²) in [6.07, 6.45) is 3.09. The minimum atomic E-state index is 0.606. The largest absolute Gasteiger partial charge is 0.364 e. The summed E-state index contributed by atoms with van der Waals surface area (Å²) in [6, 6.07) is 4.09. The molecule has 0 spiro atoms. The van der Waals surface area contributed by atoms with Crippen molar-refractivity contribution in [3.05, 3.63) is 24.0 Å². The van der Waals surface area contributed by atoms with Gasteiger partial charge in [-0.05, 0) is 31.1 Å². The number of hydrogen-bond donors (Lipinski definition) is 3. The van der Waals surface area contributed by atoms with Crippen LogP contribution in [0.15, 0.2) is 18.3 Å². The summed E-state index contributed by atoms with van der Waals surface area (Å²) in [5.41, 5.74) is 6.82. The van der Waals surface area contributed by atoms with E-state index in [-0.39, 0.29) is 0 Å². The Morgan fingerprint density at radius 3 is 3.00 bits per heavy atom. The van der Waals surface area contributed by atoms with Gasteiger partial charge in [-0.3, -0.25) is 0 Å². The number of hydrogen-bond acceptors (Lipinski definition) is 2. The van der Waals surface area contributed by atoms with E-state index in [1.54, 1.807) is 0 Å². The van der Waals surface area contributed by atoms with Gasteiger partial charge in [0, 0.05) is 18.4 Å². The average molecular weight is 181 g/mol. The molecule has 4 N–H and O–H groups in total. The van der Waals surface area contributed by atoms with Gasteiger partial charge in [-0.25, -0.2) is 0 Å². The molecule has 74 valence electrons. The lowest BCUT2D eigenvalue weighted by molar-refractivity contribution is 0.470. The monoisotopic (exact) mass is 181 g/mol. The van der Waals surface area contributed by atoms with E-state index < -0.39 is 0 Å². The number of nitrogens with two attached hydrogens (primary N) is 1. The molecule has 0 saturated heterocycles. The molecule has 0 aliphatic rings. The van der Waals surface area contributed by atoms with Crippen molar-refractivity contribution < 1.29 is 0 Å². The maximum absolute atomic E-state index is 5.59. The van der Waals surface area contributed by atoms with Gasteiger partial charge in [0.2, 0.25) is 0 Å². The quantitative estimate of drug-likeness (QED) is 0.615. The lowest BCUT2D eigenvalue weighted by Gasteiger charge is -2.12. The maximum atomic E-state index is 5.59. The smallest absolute Gasteiger partial charge is 0.0357 e. The second-order valence-corrected chi connectivity index (χ2v) is 3.34. The molecule has 1 rings (SSSR count). The molecule has 1 aromatic rings. The molecule has 0 aromatic carbocycles. The number of aromatic nitrogens is 1. The maximum Gasteiger partial charge on any atom is 0.0357 e. The van der Waals surface area contributed by atoms with Crippen LogP contribution in [0.1, 0.15) is 19.0 Å². The minimum Gasteiger partial charge on any atom is -0.364 e. The fourth-order valence-corrected chi connectivity index (χ4v) is 1.28. The fraction of sp³-hybridized carbons (Fsp3) is 0.600. The Balaban J connectivity index is 2.13. The van der Waals surface area contributed by atoms with E-state index in [4.69, 9.17) is 5.73 Å². The summed E-state index contributed by atoms with van der Waals surface area (Å²) in [5.74, 6) is 0.606. The van der Waals surface area contributed by atoms with E-state index in [9.17, 15) is 0 Å². The Labute approximate surface area is 79.7 Å². The highest BCUT2D eigenvalue weighted by atomic mass is 14.9. The van der Waals surface area contributed by atoms with E-state index in [0.717, 1.165) is 26.1 Å². The van der Waals surface area contributed by atoms with Gasteiger partial charge in [-0.15, -0.1) is 0 Å². The summed E-state index contributed by atoms with van der Waals surface area (Å²) in [5, 5.41) is 3.38. The van der Waals surface area contributed by atoms with Crippen LogP contribution in [-0.2, 0) is 6.54 Å². The first-order valence-corrected chi connectivity index (χ1v) is 4.89. The Morgan fingerprint density at radius 2 is 2.46 bits per heavy atom. The molecule has 0 amide bonds. The molecule has 1 heterocycles. The molecular formula is C10H19N3. The van der Waals surface area contributed by atoms with Crippen molar-refractivity contribution in [1.82, 2.24) is 10.3 Å². The molecule has 1 aromatic heterocycles. The third-order valence-electron chi connectivity index (χ3n) is 2.32. The predicted octanol–water partition coefficient (Wildman–Crippen LogP) is 1.09. The molecule has 0 radical (unpaired) electrons. The van der Waals surface area contributed by atoms with Gasteiger partial charge in [0.05, 0.1) is 0 Å². The first kappa shape index (κ1) is 10.3. The zero-order chi connectivity index (χ0) is 9.52. The zero-order valence-electron chi connectivity index (χ0n) is 8.22. The van der Waals surface area contributed by atoms with Crippen LogP contribution < -0.4 is 11.1 Å². The number of aromatic amines is 1. The Kier molecular flexibility index (Phi) is 4.57. The van der Waals surface area contributed by atoms with E-state index in [1.165, 1.54) is 5.69 Å². The first-order valence-electron chi connectivity index (χ1n) is 4.89. The number of H-pyrrole nitrogens is 1. The summed E-state index contributed by atoms with van der Waals surface area (Å²) in [6.45, 7) is 4.86. The van der Waals surface area contributed by atoms with Crippen LogP contribution in [0.5, 0.6) is 0 Å². The Hall–Kier alpha value is -0.800. The van der Waals surface area contributed by atoms with Crippen molar-refractivity contribution >= 4 is 0 Å². The summed E-state index contributed by atoms with van der Waals surface area (Å²) >= 11 is 0. The molecule has 13 heavy (non-hydrogen) atoms. The zero-order valence-corrected chi connectivity index (χ0v) is 8.22. The molecule has 1 atom stereocenters.